The lowest BCUT2D eigenvalue weighted by atomic mass is 10.3. The fourth-order valence-electron chi connectivity index (χ4n) is 1.81. The van der Waals surface area contributed by atoms with E-state index in [0.29, 0.717) is 0 Å². The van der Waals surface area contributed by atoms with Gasteiger partial charge in [0.05, 0.1) is 16.9 Å². The van der Waals surface area contributed by atoms with Crippen LogP contribution in [0, 0.1) is 0 Å². The molecule has 0 spiro atoms. The van der Waals surface area contributed by atoms with Crippen LogP contribution in [0.4, 0.5) is 11.5 Å². The van der Waals surface area contributed by atoms with Crippen molar-refractivity contribution in [3.63, 3.8) is 0 Å². The Hall–Kier alpha value is -1.00. The van der Waals surface area contributed by atoms with E-state index in [4.69, 9.17) is 11.6 Å². The number of likely N-dealkylation sites (N-methyl/N-ethyl adjacent to an activating group) is 1. The number of nitrogens with one attached hydrogen (secondary N) is 1. The molecule has 1 aromatic rings. The first-order chi connectivity index (χ1) is 7.70. The maximum atomic E-state index is 6.14. The van der Waals surface area contributed by atoms with E-state index in [1.165, 1.54) is 0 Å². The summed E-state index contributed by atoms with van der Waals surface area (Å²) in [5.74, 6) is 0.970. The summed E-state index contributed by atoms with van der Waals surface area (Å²) in [7, 11) is 3.99. The molecule has 0 atom stereocenters. The van der Waals surface area contributed by atoms with E-state index in [9.17, 15) is 0 Å². The van der Waals surface area contributed by atoms with Crippen LogP contribution in [0.2, 0.25) is 5.02 Å². The molecule has 2 heterocycles. The number of piperazine rings is 1. The van der Waals surface area contributed by atoms with Gasteiger partial charge in [-0.05, 0) is 7.05 Å². The lowest BCUT2D eigenvalue weighted by Gasteiger charge is -2.33. The van der Waals surface area contributed by atoms with E-state index in [1.807, 2.05) is 13.1 Å². The minimum Gasteiger partial charge on any atom is -0.386 e. The maximum Gasteiger partial charge on any atom is 0.130 e. The Balaban J connectivity index is 2.12. The van der Waals surface area contributed by atoms with E-state index < -0.39 is 0 Å². The second-order valence-corrected chi connectivity index (χ2v) is 4.47. The van der Waals surface area contributed by atoms with Crippen molar-refractivity contribution in [2.24, 2.45) is 0 Å². The highest BCUT2D eigenvalue weighted by molar-refractivity contribution is 6.33. The van der Waals surface area contributed by atoms with Crippen molar-refractivity contribution in [2.75, 3.05) is 50.5 Å². The number of nitrogens with zero attached hydrogens (tertiary/aromatic N) is 3. The molecule has 4 nitrogen and oxygen atoms in total. The molecule has 1 N–H and O–H groups in total. The summed E-state index contributed by atoms with van der Waals surface area (Å²) >= 11 is 6.14. The van der Waals surface area contributed by atoms with E-state index in [1.54, 1.807) is 6.20 Å². The van der Waals surface area contributed by atoms with Crippen LogP contribution < -0.4 is 10.2 Å². The molecule has 0 bridgehead atoms. The van der Waals surface area contributed by atoms with Crippen molar-refractivity contribution < 1.29 is 0 Å². The van der Waals surface area contributed by atoms with Crippen LogP contribution in [0.3, 0.4) is 0 Å². The van der Waals surface area contributed by atoms with Gasteiger partial charge < -0.3 is 15.1 Å². The van der Waals surface area contributed by atoms with Crippen molar-refractivity contribution >= 4 is 23.1 Å². The lowest BCUT2D eigenvalue weighted by molar-refractivity contribution is 0.312. The van der Waals surface area contributed by atoms with E-state index in [0.717, 1.165) is 42.7 Å². The summed E-state index contributed by atoms with van der Waals surface area (Å²) in [5, 5.41) is 3.74. The smallest absolute Gasteiger partial charge is 0.130 e. The molecule has 2 rings (SSSR count). The van der Waals surface area contributed by atoms with Gasteiger partial charge in [0.25, 0.3) is 0 Å². The Morgan fingerprint density at radius 3 is 2.56 bits per heavy atom. The molecule has 1 saturated heterocycles. The quantitative estimate of drug-likeness (QED) is 0.850. The molecule has 5 heteroatoms. The first kappa shape index (κ1) is 11.5. The van der Waals surface area contributed by atoms with E-state index in [-0.39, 0.29) is 0 Å². The Morgan fingerprint density at radius 2 is 2.00 bits per heavy atom. The average molecular weight is 241 g/mol. The van der Waals surface area contributed by atoms with E-state index >= 15 is 0 Å². The second kappa shape index (κ2) is 4.89. The van der Waals surface area contributed by atoms with Crippen LogP contribution in [-0.2, 0) is 0 Å². The zero-order valence-electron chi connectivity index (χ0n) is 9.70. The average Bonchev–Trinajstić information content (AvgIpc) is 2.30. The van der Waals surface area contributed by atoms with Crippen molar-refractivity contribution in [1.82, 2.24) is 9.88 Å². The first-order valence-corrected chi connectivity index (χ1v) is 5.85. The van der Waals surface area contributed by atoms with Gasteiger partial charge in [-0.15, -0.1) is 0 Å². The molecule has 1 aliphatic heterocycles. The highest BCUT2D eigenvalue weighted by Crippen LogP contribution is 2.25. The molecule has 0 saturated carbocycles. The molecule has 1 fully saturated rings. The zero-order valence-corrected chi connectivity index (χ0v) is 10.5. The number of anilines is 2. The Morgan fingerprint density at radius 1 is 1.31 bits per heavy atom. The third-order valence-corrected chi connectivity index (χ3v) is 3.25. The molecule has 1 aromatic heterocycles. The third kappa shape index (κ3) is 2.39. The minimum atomic E-state index is 0.728. The van der Waals surface area contributed by atoms with Gasteiger partial charge in [-0.1, -0.05) is 11.6 Å². The number of halogens is 1. The minimum absolute atomic E-state index is 0.728. The number of rotatable bonds is 2. The molecular weight excluding hydrogens is 224 g/mol. The standard InChI is InChI=1S/C11H17ClN4/c1-13-10-8-14-11(7-9(10)12)16-5-3-15(2)4-6-16/h7-8,13H,3-6H2,1-2H3. The van der Waals surface area contributed by atoms with Gasteiger partial charge in [0.15, 0.2) is 0 Å². The summed E-state index contributed by atoms with van der Waals surface area (Å²) in [6.07, 6.45) is 1.79. The summed E-state index contributed by atoms with van der Waals surface area (Å²) in [6.45, 7) is 4.18. The van der Waals surface area contributed by atoms with Gasteiger partial charge in [0.2, 0.25) is 0 Å². The Kier molecular flexibility index (Phi) is 3.51. The van der Waals surface area contributed by atoms with Crippen LogP contribution in [0.1, 0.15) is 0 Å². The predicted octanol–water partition coefficient (Wildman–Crippen LogP) is 1.53. The van der Waals surface area contributed by atoms with Gasteiger partial charge in [-0.25, -0.2) is 4.98 Å². The lowest BCUT2D eigenvalue weighted by Crippen LogP contribution is -2.44. The molecule has 0 aliphatic carbocycles. The molecule has 0 aromatic carbocycles. The number of aromatic nitrogens is 1. The zero-order chi connectivity index (χ0) is 11.5. The SMILES string of the molecule is CNc1cnc(N2CCN(C)CC2)cc1Cl. The Labute approximate surface area is 101 Å². The summed E-state index contributed by atoms with van der Waals surface area (Å²) in [5.41, 5.74) is 0.875. The topological polar surface area (TPSA) is 31.4 Å². The van der Waals surface area contributed by atoms with Crippen molar-refractivity contribution in [1.29, 1.82) is 0 Å². The molecule has 88 valence electrons. The van der Waals surface area contributed by atoms with Gasteiger partial charge in [-0.3, -0.25) is 0 Å². The Bertz CT molecular complexity index is 361. The third-order valence-electron chi connectivity index (χ3n) is 2.94. The fraction of sp³-hybridized carbons (Fsp3) is 0.545. The summed E-state index contributed by atoms with van der Waals surface area (Å²) in [4.78, 5) is 9.01. The second-order valence-electron chi connectivity index (χ2n) is 4.06. The normalized spacial score (nSPS) is 17.6. The number of hydrogen-bond acceptors (Lipinski definition) is 4. The van der Waals surface area contributed by atoms with Crippen LogP contribution in [0.15, 0.2) is 12.3 Å². The van der Waals surface area contributed by atoms with E-state index in [2.05, 4.69) is 27.1 Å². The van der Waals surface area contributed by atoms with Crippen LogP contribution >= 0.6 is 11.6 Å². The summed E-state index contributed by atoms with van der Waals surface area (Å²) < 4.78 is 0. The van der Waals surface area contributed by atoms with Crippen molar-refractivity contribution in [3.8, 4) is 0 Å². The monoisotopic (exact) mass is 240 g/mol. The summed E-state index contributed by atoms with van der Waals surface area (Å²) in [6, 6.07) is 1.93. The molecule has 0 unspecified atom stereocenters. The number of hydrogen-bond donors (Lipinski definition) is 1. The number of pyridine rings is 1. The maximum absolute atomic E-state index is 6.14. The van der Waals surface area contributed by atoms with Crippen LogP contribution in [0.5, 0.6) is 0 Å². The predicted molar refractivity (Wildman–Crippen MR) is 68.5 cm³/mol. The van der Waals surface area contributed by atoms with Gasteiger partial charge >= 0.3 is 0 Å². The van der Waals surface area contributed by atoms with Crippen molar-refractivity contribution in [3.05, 3.63) is 17.3 Å². The fourth-order valence-corrected chi connectivity index (χ4v) is 2.05. The van der Waals surface area contributed by atoms with Crippen LogP contribution in [0.25, 0.3) is 0 Å². The molecule has 0 amide bonds. The molecular formula is C11H17ClN4. The molecule has 0 radical (unpaired) electrons. The highest BCUT2D eigenvalue weighted by Gasteiger charge is 2.15. The van der Waals surface area contributed by atoms with Gasteiger partial charge in [0.1, 0.15) is 5.82 Å². The largest absolute Gasteiger partial charge is 0.386 e. The molecule has 1 aliphatic rings. The first-order valence-electron chi connectivity index (χ1n) is 5.47. The van der Waals surface area contributed by atoms with Crippen molar-refractivity contribution in [2.45, 2.75) is 0 Å². The van der Waals surface area contributed by atoms with Crippen LogP contribution in [-0.4, -0.2) is 50.2 Å². The highest BCUT2D eigenvalue weighted by atomic mass is 35.5. The van der Waals surface area contributed by atoms with Gasteiger partial charge in [0, 0.05) is 39.3 Å². The molecule has 16 heavy (non-hydrogen) atoms. The van der Waals surface area contributed by atoms with Gasteiger partial charge in [-0.2, -0.15) is 0 Å².